The summed E-state index contributed by atoms with van der Waals surface area (Å²) in [5, 5.41) is 6.43. The zero-order valence-corrected chi connectivity index (χ0v) is 15.3. The van der Waals surface area contributed by atoms with Gasteiger partial charge >= 0.3 is 6.36 Å². The number of benzene rings is 1. The van der Waals surface area contributed by atoms with E-state index in [0.717, 1.165) is 32.5 Å². The van der Waals surface area contributed by atoms with Gasteiger partial charge in [-0.25, -0.2) is 4.99 Å². The zero-order chi connectivity index (χ0) is 19.0. The number of piperidine rings is 1. The highest BCUT2D eigenvalue weighted by Gasteiger charge is 2.31. The van der Waals surface area contributed by atoms with Crippen LogP contribution < -0.4 is 15.4 Å². The van der Waals surface area contributed by atoms with E-state index in [1.165, 1.54) is 12.1 Å². The van der Waals surface area contributed by atoms with E-state index in [4.69, 9.17) is 0 Å². The number of halogens is 3. The van der Waals surface area contributed by atoms with Crippen molar-refractivity contribution in [1.82, 2.24) is 15.5 Å². The van der Waals surface area contributed by atoms with Gasteiger partial charge in [0.25, 0.3) is 0 Å². The average molecular weight is 372 g/mol. The molecule has 0 bridgehead atoms. The maximum Gasteiger partial charge on any atom is 0.573 e. The van der Waals surface area contributed by atoms with Crippen LogP contribution in [-0.2, 0) is 6.54 Å². The molecular weight excluding hydrogens is 345 g/mol. The maximum atomic E-state index is 12.5. The number of hydrogen-bond donors (Lipinski definition) is 2. The molecule has 8 heteroatoms. The number of nitrogens with one attached hydrogen (secondary N) is 2. The molecule has 1 aromatic rings. The van der Waals surface area contributed by atoms with Crippen LogP contribution in [0.2, 0.25) is 0 Å². The monoisotopic (exact) mass is 372 g/mol. The number of rotatable bonds is 6. The Labute approximate surface area is 152 Å². The van der Waals surface area contributed by atoms with Gasteiger partial charge in [-0.2, -0.15) is 0 Å². The third kappa shape index (κ3) is 7.11. The normalized spacial score (nSPS) is 17.2. The second-order valence-corrected chi connectivity index (χ2v) is 6.48. The highest BCUT2D eigenvalue weighted by atomic mass is 19.4. The van der Waals surface area contributed by atoms with Gasteiger partial charge in [0.2, 0.25) is 0 Å². The van der Waals surface area contributed by atoms with E-state index in [2.05, 4.69) is 32.3 Å². The highest BCUT2D eigenvalue weighted by Crippen LogP contribution is 2.26. The molecule has 0 spiro atoms. The number of nitrogens with zero attached hydrogens (tertiary/aromatic N) is 2. The van der Waals surface area contributed by atoms with Crippen molar-refractivity contribution in [3.8, 4) is 5.75 Å². The second kappa shape index (κ2) is 9.66. The Bertz CT molecular complexity index is 584. The molecule has 0 amide bonds. The predicted octanol–water partition coefficient (Wildman–Crippen LogP) is 2.98. The van der Waals surface area contributed by atoms with Crippen molar-refractivity contribution in [3.63, 3.8) is 0 Å². The van der Waals surface area contributed by atoms with Gasteiger partial charge in [0.05, 0.1) is 6.54 Å². The molecule has 5 nitrogen and oxygen atoms in total. The molecule has 0 aromatic heterocycles. The van der Waals surface area contributed by atoms with Crippen molar-refractivity contribution < 1.29 is 17.9 Å². The first-order valence-corrected chi connectivity index (χ1v) is 8.91. The Morgan fingerprint density at radius 2 is 1.92 bits per heavy atom. The molecule has 146 valence electrons. The lowest BCUT2D eigenvalue weighted by atomic mass is 9.97. The van der Waals surface area contributed by atoms with Gasteiger partial charge < -0.3 is 20.3 Å². The number of aliphatic imine (C=N–C) groups is 1. The number of guanidine groups is 1. The number of hydrogen-bond acceptors (Lipinski definition) is 3. The largest absolute Gasteiger partial charge is 0.573 e. The van der Waals surface area contributed by atoms with Crippen LogP contribution in [0.15, 0.2) is 29.3 Å². The highest BCUT2D eigenvalue weighted by molar-refractivity contribution is 5.79. The molecule has 1 aromatic carbocycles. The average Bonchev–Trinajstić information content (AvgIpc) is 2.58. The van der Waals surface area contributed by atoms with Crippen LogP contribution in [0, 0.1) is 5.92 Å². The third-order valence-corrected chi connectivity index (χ3v) is 4.35. The topological polar surface area (TPSA) is 48.9 Å². The molecule has 0 saturated carbocycles. The molecule has 1 aliphatic heterocycles. The number of alkyl halides is 3. The summed E-state index contributed by atoms with van der Waals surface area (Å²) in [5.74, 6) is 0.971. The van der Waals surface area contributed by atoms with Crippen molar-refractivity contribution >= 4 is 5.96 Å². The summed E-state index contributed by atoms with van der Waals surface area (Å²) in [6.45, 7) is 5.72. The zero-order valence-electron chi connectivity index (χ0n) is 15.3. The minimum Gasteiger partial charge on any atom is -0.405 e. The molecule has 2 N–H and O–H groups in total. The van der Waals surface area contributed by atoms with Crippen LogP contribution in [-0.4, -0.2) is 50.4 Å². The van der Waals surface area contributed by atoms with E-state index in [1.54, 1.807) is 12.1 Å². The minimum absolute atomic E-state index is 0.106. The quantitative estimate of drug-likeness (QED) is 0.595. The summed E-state index contributed by atoms with van der Waals surface area (Å²) in [6.07, 6.45) is -2.45. The van der Waals surface area contributed by atoms with E-state index >= 15 is 0 Å². The van der Waals surface area contributed by atoms with Gasteiger partial charge in [-0.05, 0) is 51.9 Å². The fourth-order valence-corrected chi connectivity index (χ4v) is 2.87. The molecule has 0 atom stereocenters. The van der Waals surface area contributed by atoms with Gasteiger partial charge in [-0.3, -0.25) is 0 Å². The van der Waals surface area contributed by atoms with Crippen molar-refractivity contribution in [2.24, 2.45) is 10.9 Å². The van der Waals surface area contributed by atoms with E-state index in [9.17, 15) is 13.2 Å². The Kier molecular flexibility index (Phi) is 7.56. The summed E-state index contributed by atoms with van der Waals surface area (Å²) in [7, 11) is 2.12. The van der Waals surface area contributed by atoms with Crippen LogP contribution in [0.5, 0.6) is 5.75 Å². The molecule has 0 unspecified atom stereocenters. The maximum absolute atomic E-state index is 12.5. The molecule has 1 saturated heterocycles. The smallest absolute Gasteiger partial charge is 0.405 e. The first-order valence-electron chi connectivity index (χ1n) is 8.91. The fourth-order valence-electron chi connectivity index (χ4n) is 2.87. The summed E-state index contributed by atoms with van der Waals surface area (Å²) in [6, 6.07) is 6.08. The third-order valence-electron chi connectivity index (χ3n) is 4.35. The molecule has 1 heterocycles. The first kappa shape index (κ1) is 20.4. The SMILES string of the molecule is CCNC(=NCc1ccccc1OC(F)(F)F)NCC1CCN(C)CC1. The Balaban J connectivity index is 1.96. The van der Waals surface area contributed by atoms with E-state index in [-0.39, 0.29) is 12.3 Å². The molecule has 0 radical (unpaired) electrons. The van der Waals surface area contributed by atoms with Crippen LogP contribution in [0.3, 0.4) is 0 Å². The number of likely N-dealkylation sites (tertiary alicyclic amines) is 1. The summed E-state index contributed by atoms with van der Waals surface area (Å²) < 4.78 is 41.6. The first-order chi connectivity index (χ1) is 12.4. The van der Waals surface area contributed by atoms with Gasteiger partial charge in [0.15, 0.2) is 5.96 Å². The Hall–Kier alpha value is -1.96. The number of para-hydroxylation sites is 1. The molecular formula is C18H27F3N4O. The van der Waals surface area contributed by atoms with Gasteiger partial charge in [-0.1, -0.05) is 18.2 Å². The van der Waals surface area contributed by atoms with Crippen molar-refractivity contribution in [3.05, 3.63) is 29.8 Å². The van der Waals surface area contributed by atoms with Gasteiger partial charge in [0.1, 0.15) is 5.75 Å². The van der Waals surface area contributed by atoms with Gasteiger partial charge in [0, 0.05) is 18.7 Å². The summed E-state index contributed by atoms with van der Waals surface area (Å²) in [5.41, 5.74) is 0.390. The molecule has 2 rings (SSSR count). The standard InChI is InChI=1S/C18H27F3N4O/c1-3-22-17(23-12-14-8-10-25(2)11-9-14)24-13-15-6-4-5-7-16(15)26-18(19,20)21/h4-7,14H,3,8-13H2,1-2H3,(H2,22,23,24). The van der Waals surface area contributed by atoms with Crippen LogP contribution >= 0.6 is 0 Å². The molecule has 26 heavy (non-hydrogen) atoms. The predicted molar refractivity (Wildman–Crippen MR) is 96.2 cm³/mol. The molecule has 0 aliphatic carbocycles. The molecule has 1 aliphatic rings. The van der Waals surface area contributed by atoms with Crippen molar-refractivity contribution in [2.45, 2.75) is 32.7 Å². The van der Waals surface area contributed by atoms with Crippen LogP contribution in [0.4, 0.5) is 13.2 Å². The van der Waals surface area contributed by atoms with E-state index < -0.39 is 6.36 Å². The van der Waals surface area contributed by atoms with E-state index in [1.807, 2.05) is 6.92 Å². The summed E-state index contributed by atoms with van der Waals surface area (Å²) >= 11 is 0. The fraction of sp³-hybridized carbons (Fsp3) is 0.611. The lowest BCUT2D eigenvalue weighted by molar-refractivity contribution is -0.274. The van der Waals surface area contributed by atoms with Crippen molar-refractivity contribution in [1.29, 1.82) is 0 Å². The lowest BCUT2D eigenvalue weighted by Gasteiger charge is -2.29. The Morgan fingerprint density at radius 3 is 2.58 bits per heavy atom. The van der Waals surface area contributed by atoms with Crippen molar-refractivity contribution in [2.75, 3.05) is 33.2 Å². The molecule has 1 fully saturated rings. The Morgan fingerprint density at radius 1 is 1.23 bits per heavy atom. The second-order valence-electron chi connectivity index (χ2n) is 6.48. The van der Waals surface area contributed by atoms with Gasteiger partial charge in [-0.15, -0.1) is 13.2 Å². The summed E-state index contributed by atoms with van der Waals surface area (Å²) in [4.78, 5) is 6.72. The van der Waals surface area contributed by atoms with Crippen LogP contribution in [0.1, 0.15) is 25.3 Å². The lowest BCUT2D eigenvalue weighted by Crippen LogP contribution is -2.42. The number of ether oxygens (including phenoxy) is 1. The van der Waals surface area contributed by atoms with Crippen LogP contribution in [0.25, 0.3) is 0 Å². The van der Waals surface area contributed by atoms with E-state index in [0.29, 0.717) is 24.0 Å². The minimum atomic E-state index is -4.71.